The van der Waals surface area contributed by atoms with Crippen molar-refractivity contribution >= 4 is 21.4 Å². The topological polar surface area (TPSA) is 40.7 Å². The number of thiophene rings is 1. The molecular formula is C16H19N3S. The van der Waals surface area contributed by atoms with E-state index in [0.29, 0.717) is 6.04 Å². The number of aromatic nitrogens is 2. The van der Waals surface area contributed by atoms with Gasteiger partial charge in [-0.05, 0) is 37.8 Å². The van der Waals surface area contributed by atoms with Crippen molar-refractivity contribution < 1.29 is 0 Å². The lowest BCUT2D eigenvalue weighted by Crippen LogP contribution is -2.18. The second-order valence-corrected chi connectivity index (χ2v) is 6.29. The molecule has 3 rings (SSSR count). The monoisotopic (exact) mass is 285 g/mol. The van der Waals surface area contributed by atoms with E-state index in [2.05, 4.69) is 60.6 Å². The normalized spacial score (nSPS) is 12.9. The maximum atomic E-state index is 4.06. The van der Waals surface area contributed by atoms with Crippen LogP contribution in [-0.2, 0) is 6.54 Å². The molecule has 0 aliphatic heterocycles. The van der Waals surface area contributed by atoms with Crippen molar-refractivity contribution in [3.05, 3.63) is 52.2 Å². The zero-order chi connectivity index (χ0) is 14.1. The van der Waals surface area contributed by atoms with Crippen LogP contribution in [0, 0.1) is 13.8 Å². The summed E-state index contributed by atoms with van der Waals surface area (Å²) in [5.74, 6) is 0. The van der Waals surface area contributed by atoms with Gasteiger partial charge in [0.1, 0.15) is 0 Å². The lowest BCUT2D eigenvalue weighted by molar-refractivity contribution is 0.580. The van der Waals surface area contributed by atoms with Crippen molar-refractivity contribution in [2.45, 2.75) is 33.4 Å². The Balaban J connectivity index is 1.80. The Morgan fingerprint density at radius 3 is 2.80 bits per heavy atom. The summed E-state index contributed by atoms with van der Waals surface area (Å²) in [7, 11) is 0. The quantitative estimate of drug-likeness (QED) is 0.758. The van der Waals surface area contributed by atoms with Crippen LogP contribution in [0.1, 0.15) is 34.7 Å². The van der Waals surface area contributed by atoms with Gasteiger partial charge in [-0.25, -0.2) is 0 Å². The summed E-state index contributed by atoms with van der Waals surface area (Å²) >= 11 is 1.89. The fourth-order valence-electron chi connectivity index (χ4n) is 2.52. The number of nitrogens with zero attached hydrogens (tertiary/aromatic N) is 1. The first-order chi connectivity index (χ1) is 9.66. The number of hydrogen-bond acceptors (Lipinski definition) is 3. The molecule has 0 bridgehead atoms. The van der Waals surface area contributed by atoms with Crippen LogP contribution in [-0.4, -0.2) is 10.2 Å². The summed E-state index contributed by atoms with van der Waals surface area (Å²) < 4.78 is 1.37. The van der Waals surface area contributed by atoms with Crippen LogP contribution in [0.15, 0.2) is 30.5 Å². The number of nitrogens with one attached hydrogen (secondary N) is 2. The molecule has 20 heavy (non-hydrogen) atoms. The Bertz CT molecular complexity index is 726. The maximum Gasteiger partial charge on any atom is 0.0535 e. The standard InChI is InChI=1S/C16H19N3S/c1-10-14-6-4-5-7-15(14)20-16(10)12(3)17-8-13-9-18-19-11(13)2/h4-7,9,12,17H,8H2,1-3H3,(H,18,19). The van der Waals surface area contributed by atoms with Gasteiger partial charge < -0.3 is 5.32 Å². The average molecular weight is 285 g/mol. The Morgan fingerprint density at radius 1 is 1.30 bits per heavy atom. The molecule has 4 heteroatoms. The van der Waals surface area contributed by atoms with E-state index in [-0.39, 0.29) is 0 Å². The van der Waals surface area contributed by atoms with Crippen molar-refractivity contribution in [1.82, 2.24) is 15.5 Å². The third-order valence-corrected chi connectivity index (χ3v) is 5.26. The molecule has 1 atom stereocenters. The summed E-state index contributed by atoms with van der Waals surface area (Å²) in [5.41, 5.74) is 3.77. The fourth-order valence-corrected chi connectivity index (χ4v) is 3.75. The SMILES string of the molecule is Cc1[nH]ncc1CNC(C)c1sc2ccccc2c1C. The van der Waals surface area contributed by atoms with Gasteiger partial charge in [-0.15, -0.1) is 11.3 Å². The fraction of sp³-hybridized carbons (Fsp3) is 0.312. The third kappa shape index (κ3) is 2.37. The van der Waals surface area contributed by atoms with Crippen molar-refractivity contribution in [2.24, 2.45) is 0 Å². The predicted octanol–water partition coefficient (Wildman–Crippen LogP) is 4.09. The number of benzene rings is 1. The minimum Gasteiger partial charge on any atom is -0.305 e. The van der Waals surface area contributed by atoms with E-state index >= 15 is 0 Å². The van der Waals surface area contributed by atoms with Gasteiger partial charge in [0, 0.05) is 33.4 Å². The van der Waals surface area contributed by atoms with Gasteiger partial charge in [0.15, 0.2) is 0 Å². The summed E-state index contributed by atoms with van der Waals surface area (Å²) in [6, 6.07) is 8.97. The summed E-state index contributed by atoms with van der Waals surface area (Å²) in [4.78, 5) is 1.42. The highest BCUT2D eigenvalue weighted by Crippen LogP contribution is 2.34. The number of fused-ring (bicyclic) bond motifs is 1. The van der Waals surface area contributed by atoms with Crippen LogP contribution in [0.2, 0.25) is 0 Å². The molecule has 0 fully saturated rings. The molecule has 0 saturated carbocycles. The summed E-state index contributed by atoms with van der Waals surface area (Å²) in [5, 5.41) is 12.0. The van der Waals surface area contributed by atoms with E-state index in [9.17, 15) is 0 Å². The van der Waals surface area contributed by atoms with Gasteiger partial charge in [-0.1, -0.05) is 18.2 Å². The van der Waals surface area contributed by atoms with Crippen molar-refractivity contribution in [3.8, 4) is 0 Å². The highest BCUT2D eigenvalue weighted by Gasteiger charge is 2.14. The first kappa shape index (κ1) is 13.3. The van der Waals surface area contributed by atoms with E-state index in [0.717, 1.165) is 12.2 Å². The second kappa shape index (κ2) is 5.38. The molecule has 0 amide bonds. The molecule has 1 unspecified atom stereocenters. The minimum atomic E-state index is 0.349. The molecule has 2 heterocycles. The zero-order valence-corrected chi connectivity index (χ0v) is 12.8. The molecule has 0 radical (unpaired) electrons. The minimum absolute atomic E-state index is 0.349. The lowest BCUT2D eigenvalue weighted by atomic mass is 10.1. The van der Waals surface area contributed by atoms with Gasteiger partial charge in [-0.2, -0.15) is 5.10 Å². The number of H-pyrrole nitrogens is 1. The Labute approximate surface area is 123 Å². The molecule has 104 valence electrons. The van der Waals surface area contributed by atoms with Crippen LogP contribution >= 0.6 is 11.3 Å². The average Bonchev–Trinajstić information content (AvgIpc) is 3.01. The van der Waals surface area contributed by atoms with Crippen molar-refractivity contribution in [3.63, 3.8) is 0 Å². The predicted molar refractivity (Wildman–Crippen MR) is 85.1 cm³/mol. The molecular weight excluding hydrogens is 266 g/mol. The molecule has 3 aromatic rings. The third-order valence-electron chi connectivity index (χ3n) is 3.81. The second-order valence-electron chi connectivity index (χ2n) is 5.21. The van der Waals surface area contributed by atoms with Gasteiger partial charge >= 0.3 is 0 Å². The maximum absolute atomic E-state index is 4.06. The first-order valence-corrected chi connectivity index (χ1v) is 7.68. The highest BCUT2D eigenvalue weighted by atomic mass is 32.1. The van der Waals surface area contributed by atoms with Gasteiger partial charge in [0.2, 0.25) is 0 Å². The van der Waals surface area contributed by atoms with E-state index < -0.39 is 0 Å². The van der Waals surface area contributed by atoms with Gasteiger partial charge in [0.05, 0.1) is 6.20 Å². The van der Waals surface area contributed by atoms with E-state index in [4.69, 9.17) is 0 Å². The zero-order valence-electron chi connectivity index (χ0n) is 12.0. The van der Waals surface area contributed by atoms with E-state index in [1.54, 1.807) is 0 Å². The largest absolute Gasteiger partial charge is 0.305 e. The van der Waals surface area contributed by atoms with Crippen LogP contribution < -0.4 is 5.32 Å². The Kier molecular flexibility index (Phi) is 3.59. The highest BCUT2D eigenvalue weighted by molar-refractivity contribution is 7.19. The van der Waals surface area contributed by atoms with E-state index in [1.807, 2.05) is 17.5 Å². The van der Waals surface area contributed by atoms with Crippen LogP contribution in [0.4, 0.5) is 0 Å². The molecule has 0 saturated heterocycles. The molecule has 2 aromatic heterocycles. The summed E-state index contributed by atoms with van der Waals surface area (Å²) in [6.07, 6.45) is 1.90. The molecule has 0 spiro atoms. The number of hydrogen-bond donors (Lipinski definition) is 2. The van der Waals surface area contributed by atoms with Gasteiger partial charge in [0.25, 0.3) is 0 Å². The molecule has 2 N–H and O–H groups in total. The van der Waals surface area contributed by atoms with Gasteiger partial charge in [-0.3, -0.25) is 5.10 Å². The van der Waals surface area contributed by atoms with Crippen LogP contribution in [0.25, 0.3) is 10.1 Å². The van der Waals surface area contributed by atoms with Crippen LogP contribution in [0.3, 0.4) is 0 Å². The van der Waals surface area contributed by atoms with Crippen molar-refractivity contribution in [1.29, 1.82) is 0 Å². The van der Waals surface area contributed by atoms with Crippen LogP contribution in [0.5, 0.6) is 0 Å². The smallest absolute Gasteiger partial charge is 0.0535 e. The lowest BCUT2D eigenvalue weighted by Gasteiger charge is -2.13. The summed E-state index contributed by atoms with van der Waals surface area (Å²) in [6.45, 7) is 7.35. The number of rotatable bonds is 4. The number of aryl methyl sites for hydroxylation is 2. The molecule has 0 aliphatic carbocycles. The Morgan fingerprint density at radius 2 is 2.10 bits per heavy atom. The van der Waals surface area contributed by atoms with Crippen molar-refractivity contribution in [2.75, 3.05) is 0 Å². The first-order valence-electron chi connectivity index (χ1n) is 6.87. The number of aromatic amines is 1. The molecule has 3 nitrogen and oxygen atoms in total. The molecule has 1 aromatic carbocycles. The Hall–Kier alpha value is -1.65. The van der Waals surface area contributed by atoms with E-state index in [1.165, 1.54) is 26.1 Å². The molecule has 0 aliphatic rings.